The minimum absolute atomic E-state index is 0.552. The van der Waals surface area contributed by atoms with Crippen LogP contribution in [0.25, 0.3) is 88.7 Å². The number of aromatic nitrogens is 3. The molecule has 1 aliphatic carbocycles. The average molecular weight is 790 g/mol. The second kappa shape index (κ2) is 13.4. The van der Waals surface area contributed by atoms with E-state index in [4.69, 9.17) is 19.7 Å². The summed E-state index contributed by atoms with van der Waals surface area (Å²) in [4.78, 5) is 15.4. The van der Waals surface area contributed by atoms with E-state index in [0.717, 1.165) is 100 Å². The number of benzene rings is 9. The molecule has 11 aromatic rings. The Morgan fingerprint density at radius 2 is 0.887 bits per heavy atom. The van der Waals surface area contributed by atoms with E-state index in [0.29, 0.717) is 0 Å². The maximum atomic E-state index is 6.97. The predicted molar refractivity (Wildman–Crippen MR) is 251 cm³/mol. The molecule has 13 rings (SSSR count). The maximum Gasteiger partial charge on any atom is 0.160 e. The lowest BCUT2D eigenvalue weighted by Gasteiger charge is -2.39. The molecule has 4 heteroatoms. The standard InChI is InChI=1S/C58H35N3O/c1-2-15-38(16-3-1)57-60-52-27-12-7-22-44(52)55(61-57)37-31-29-36(30-32-37)39-17-14-18-40(33-39)56-46-35-54-50(34-45(46)43-21-6-11-26-51(43)59-56)58(49-25-10-13-28-53(49)62-54)47-23-8-4-19-41(47)42-20-5-9-24-48(42)58/h1-35H. The van der Waals surface area contributed by atoms with Crippen molar-refractivity contribution in [2.45, 2.75) is 5.41 Å². The van der Waals surface area contributed by atoms with Crippen LogP contribution in [0.15, 0.2) is 212 Å². The molecule has 0 bridgehead atoms. The molecule has 3 heterocycles. The highest BCUT2D eigenvalue weighted by molar-refractivity contribution is 6.12. The van der Waals surface area contributed by atoms with Gasteiger partial charge in [-0.3, -0.25) is 0 Å². The summed E-state index contributed by atoms with van der Waals surface area (Å²) < 4.78 is 6.97. The molecule has 0 radical (unpaired) electrons. The quantitative estimate of drug-likeness (QED) is 0.167. The molecule has 2 aliphatic rings. The Morgan fingerprint density at radius 3 is 1.66 bits per heavy atom. The van der Waals surface area contributed by atoms with E-state index in [1.807, 2.05) is 30.3 Å². The SMILES string of the molecule is c1ccc(-c2nc(-c3ccc(-c4cccc(-c5nc6ccccc6c6cc7c(cc56)Oc5ccccc5C75c6ccccc6-c6ccccc65)c4)cc3)c3ccccc3n2)cc1. The Hall–Kier alpha value is -8.21. The molecule has 0 N–H and O–H groups in total. The van der Waals surface area contributed by atoms with Crippen LogP contribution in [0, 0.1) is 0 Å². The van der Waals surface area contributed by atoms with Crippen molar-refractivity contribution in [3.8, 4) is 67.7 Å². The van der Waals surface area contributed by atoms with Gasteiger partial charge in [0.25, 0.3) is 0 Å². The third kappa shape index (κ3) is 5.04. The highest BCUT2D eigenvalue weighted by atomic mass is 16.5. The third-order valence-electron chi connectivity index (χ3n) is 12.9. The maximum absolute atomic E-state index is 6.97. The van der Waals surface area contributed by atoms with Gasteiger partial charge in [0.1, 0.15) is 11.5 Å². The van der Waals surface area contributed by atoms with Gasteiger partial charge in [0, 0.05) is 44.0 Å². The van der Waals surface area contributed by atoms with Gasteiger partial charge in [-0.2, -0.15) is 0 Å². The number of nitrogens with zero attached hydrogens (tertiary/aromatic N) is 3. The van der Waals surface area contributed by atoms with Gasteiger partial charge in [0.2, 0.25) is 0 Å². The Balaban J connectivity index is 0.971. The number of ether oxygens (including phenoxy) is 1. The lowest BCUT2D eigenvalue weighted by Crippen LogP contribution is -2.32. The van der Waals surface area contributed by atoms with Gasteiger partial charge >= 0.3 is 0 Å². The summed E-state index contributed by atoms with van der Waals surface area (Å²) >= 11 is 0. The molecular formula is C58H35N3O. The van der Waals surface area contributed by atoms with E-state index in [9.17, 15) is 0 Å². The molecule has 0 saturated heterocycles. The van der Waals surface area contributed by atoms with Crippen molar-refractivity contribution >= 4 is 32.6 Å². The van der Waals surface area contributed by atoms with Gasteiger partial charge < -0.3 is 4.74 Å². The normalized spacial score (nSPS) is 13.1. The summed E-state index contributed by atoms with van der Waals surface area (Å²) in [7, 11) is 0. The Kier molecular flexibility index (Phi) is 7.49. The zero-order valence-electron chi connectivity index (χ0n) is 33.5. The Labute approximate surface area is 358 Å². The summed E-state index contributed by atoms with van der Waals surface area (Å²) in [6, 6.07) is 75.4. The van der Waals surface area contributed by atoms with Gasteiger partial charge in [-0.15, -0.1) is 0 Å². The number of hydrogen-bond acceptors (Lipinski definition) is 4. The number of fused-ring (bicyclic) bond motifs is 13. The van der Waals surface area contributed by atoms with E-state index < -0.39 is 5.41 Å². The number of rotatable bonds is 4. The van der Waals surface area contributed by atoms with Crippen LogP contribution < -0.4 is 4.74 Å². The largest absolute Gasteiger partial charge is 0.457 e. The molecule has 9 aromatic carbocycles. The van der Waals surface area contributed by atoms with E-state index in [1.165, 1.54) is 22.3 Å². The van der Waals surface area contributed by atoms with E-state index in [-0.39, 0.29) is 0 Å². The highest BCUT2D eigenvalue weighted by Gasteiger charge is 2.51. The third-order valence-corrected chi connectivity index (χ3v) is 12.9. The summed E-state index contributed by atoms with van der Waals surface area (Å²) in [5.74, 6) is 2.44. The molecule has 288 valence electrons. The van der Waals surface area contributed by atoms with Crippen molar-refractivity contribution in [2.75, 3.05) is 0 Å². The van der Waals surface area contributed by atoms with Crippen LogP contribution in [0.4, 0.5) is 0 Å². The van der Waals surface area contributed by atoms with Crippen LogP contribution in [-0.2, 0) is 5.41 Å². The van der Waals surface area contributed by atoms with Crippen molar-refractivity contribution in [2.24, 2.45) is 0 Å². The van der Waals surface area contributed by atoms with Crippen molar-refractivity contribution < 1.29 is 4.74 Å². The molecule has 1 spiro atoms. The molecule has 1 aliphatic heterocycles. The molecule has 62 heavy (non-hydrogen) atoms. The van der Waals surface area contributed by atoms with Crippen molar-refractivity contribution in [3.05, 3.63) is 235 Å². The molecule has 0 atom stereocenters. The van der Waals surface area contributed by atoms with Gasteiger partial charge in [-0.1, -0.05) is 176 Å². The summed E-state index contributed by atoms with van der Waals surface area (Å²) in [5, 5.41) is 4.34. The fourth-order valence-corrected chi connectivity index (χ4v) is 10.2. The van der Waals surface area contributed by atoms with Gasteiger partial charge in [0.15, 0.2) is 5.82 Å². The summed E-state index contributed by atoms with van der Waals surface area (Å²) in [6.07, 6.45) is 0. The lowest BCUT2D eigenvalue weighted by molar-refractivity contribution is 0.437. The Bertz CT molecular complexity index is 3570. The van der Waals surface area contributed by atoms with Crippen molar-refractivity contribution in [1.29, 1.82) is 0 Å². The first-order valence-electron chi connectivity index (χ1n) is 21.1. The number of hydrogen-bond donors (Lipinski definition) is 0. The summed E-state index contributed by atoms with van der Waals surface area (Å²) in [5.41, 5.74) is 15.8. The first kappa shape index (κ1) is 34.6. The average Bonchev–Trinajstić information content (AvgIpc) is 3.64. The first-order valence-corrected chi connectivity index (χ1v) is 21.1. The molecule has 4 nitrogen and oxygen atoms in total. The van der Waals surface area contributed by atoms with Crippen LogP contribution in [0.2, 0.25) is 0 Å². The molecule has 2 aromatic heterocycles. The van der Waals surface area contributed by atoms with Gasteiger partial charge in [-0.25, -0.2) is 15.0 Å². The van der Waals surface area contributed by atoms with Crippen molar-refractivity contribution in [3.63, 3.8) is 0 Å². The molecule has 0 amide bonds. The first-order chi connectivity index (χ1) is 30.7. The fourth-order valence-electron chi connectivity index (χ4n) is 10.2. The van der Waals surface area contributed by atoms with Crippen molar-refractivity contribution in [1.82, 2.24) is 15.0 Å². The monoisotopic (exact) mass is 789 g/mol. The smallest absolute Gasteiger partial charge is 0.160 e. The van der Waals surface area contributed by atoms with E-state index >= 15 is 0 Å². The van der Waals surface area contributed by atoms with Gasteiger partial charge in [0.05, 0.1) is 27.8 Å². The topological polar surface area (TPSA) is 47.9 Å². The zero-order valence-corrected chi connectivity index (χ0v) is 33.5. The van der Waals surface area contributed by atoms with Crippen LogP contribution >= 0.6 is 0 Å². The van der Waals surface area contributed by atoms with E-state index in [1.54, 1.807) is 0 Å². The minimum atomic E-state index is -0.552. The highest BCUT2D eigenvalue weighted by Crippen LogP contribution is 2.62. The van der Waals surface area contributed by atoms with Crippen LogP contribution in [0.1, 0.15) is 22.3 Å². The minimum Gasteiger partial charge on any atom is -0.457 e. The van der Waals surface area contributed by atoms with Crippen LogP contribution in [-0.4, -0.2) is 15.0 Å². The zero-order chi connectivity index (χ0) is 40.8. The van der Waals surface area contributed by atoms with Crippen LogP contribution in [0.5, 0.6) is 11.5 Å². The number of para-hydroxylation sites is 3. The van der Waals surface area contributed by atoms with E-state index in [2.05, 4.69) is 182 Å². The second-order valence-corrected chi connectivity index (χ2v) is 16.2. The fraction of sp³-hybridized carbons (Fsp3) is 0.0172. The summed E-state index contributed by atoms with van der Waals surface area (Å²) in [6.45, 7) is 0. The lowest BCUT2D eigenvalue weighted by atomic mass is 9.65. The van der Waals surface area contributed by atoms with Gasteiger partial charge in [-0.05, 0) is 75.2 Å². The predicted octanol–water partition coefficient (Wildman–Crippen LogP) is 14.5. The Morgan fingerprint density at radius 1 is 0.306 bits per heavy atom. The number of pyridine rings is 1. The molecule has 0 fully saturated rings. The molecule has 0 saturated carbocycles. The second-order valence-electron chi connectivity index (χ2n) is 16.2. The van der Waals surface area contributed by atoms with Crippen LogP contribution in [0.3, 0.4) is 0 Å². The molecular weight excluding hydrogens is 755 g/mol. The molecule has 0 unspecified atom stereocenters.